The number of thiazole rings is 1. The second-order valence-corrected chi connectivity index (χ2v) is 6.41. The number of oxime groups is 1. The molecule has 1 aromatic rings. The molecule has 1 saturated heterocycles. The maximum absolute atomic E-state index is 12.5. The number of hydrogen-bond donors (Lipinski definition) is 4. The van der Waals surface area contributed by atoms with Crippen molar-refractivity contribution in [3.8, 4) is 0 Å². The van der Waals surface area contributed by atoms with Gasteiger partial charge in [-0.3, -0.25) is 14.4 Å². The van der Waals surface area contributed by atoms with Crippen molar-refractivity contribution in [2.24, 2.45) is 5.16 Å². The summed E-state index contributed by atoms with van der Waals surface area (Å²) < 4.78 is 4.38. The van der Waals surface area contributed by atoms with Gasteiger partial charge in [0.15, 0.2) is 16.9 Å². The Bertz CT molecular complexity index is 872. The van der Waals surface area contributed by atoms with Crippen LogP contribution < -0.4 is 16.0 Å². The number of nitrogens with zero attached hydrogens (tertiary/aromatic N) is 2. The van der Waals surface area contributed by atoms with Crippen LogP contribution in [0.25, 0.3) is 0 Å². The molecule has 0 radical (unpaired) electrons. The SMILES string of the molecule is COC(=O)CON=C(C(=O)NC1C(=O)NC1C(=O)O)c1csc(NC(=O)CCl)n1. The molecule has 2 atom stereocenters. The Balaban J connectivity index is 2.20. The van der Waals surface area contributed by atoms with Crippen LogP contribution in [0.1, 0.15) is 5.69 Å². The van der Waals surface area contributed by atoms with Crippen molar-refractivity contribution in [2.75, 3.05) is 24.9 Å². The van der Waals surface area contributed by atoms with Gasteiger partial charge in [-0.1, -0.05) is 5.16 Å². The highest BCUT2D eigenvalue weighted by Crippen LogP contribution is 2.17. The first kappa shape index (κ1) is 22.0. The Labute approximate surface area is 171 Å². The molecule has 2 heterocycles. The van der Waals surface area contributed by atoms with E-state index in [0.29, 0.717) is 0 Å². The lowest BCUT2D eigenvalue weighted by Gasteiger charge is -2.33. The summed E-state index contributed by atoms with van der Waals surface area (Å²) >= 11 is 6.34. The molecule has 0 aromatic carbocycles. The Morgan fingerprint density at radius 3 is 2.72 bits per heavy atom. The molecule has 156 valence electrons. The van der Waals surface area contributed by atoms with Crippen molar-refractivity contribution in [2.45, 2.75) is 12.1 Å². The van der Waals surface area contributed by atoms with Crippen LogP contribution in [-0.4, -0.2) is 77.1 Å². The Hall–Kier alpha value is -3.26. The number of amides is 3. The smallest absolute Gasteiger partial charge is 0.346 e. The number of methoxy groups -OCH3 is 1. The molecule has 0 saturated carbocycles. The summed E-state index contributed by atoms with van der Waals surface area (Å²) in [6, 6.07) is -2.64. The predicted molar refractivity (Wildman–Crippen MR) is 97.5 cm³/mol. The van der Waals surface area contributed by atoms with Gasteiger partial charge in [-0.25, -0.2) is 14.6 Å². The average molecular weight is 448 g/mol. The van der Waals surface area contributed by atoms with Crippen molar-refractivity contribution in [3.05, 3.63) is 11.1 Å². The number of carboxylic acid groups (broad SMARTS) is 1. The number of halogens is 1. The minimum absolute atomic E-state index is 0.0613. The van der Waals surface area contributed by atoms with E-state index in [4.69, 9.17) is 21.5 Å². The van der Waals surface area contributed by atoms with E-state index in [2.05, 4.69) is 30.8 Å². The third kappa shape index (κ3) is 5.61. The van der Waals surface area contributed by atoms with E-state index < -0.39 is 54.1 Å². The number of aromatic nitrogens is 1. The lowest BCUT2D eigenvalue weighted by molar-refractivity contribution is -0.151. The first-order valence-corrected chi connectivity index (χ1v) is 9.10. The Morgan fingerprint density at radius 1 is 1.41 bits per heavy atom. The molecule has 1 aliphatic rings. The van der Waals surface area contributed by atoms with Gasteiger partial charge in [0.1, 0.15) is 17.6 Å². The quantitative estimate of drug-likeness (QED) is 0.112. The average Bonchev–Trinajstić information content (AvgIpc) is 3.14. The van der Waals surface area contributed by atoms with Crippen LogP contribution >= 0.6 is 22.9 Å². The van der Waals surface area contributed by atoms with Crippen LogP contribution in [-0.2, 0) is 33.5 Å². The molecule has 0 bridgehead atoms. The number of carboxylic acids is 1. The van der Waals surface area contributed by atoms with E-state index in [1.807, 2.05) is 0 Å². The van der Waals surface area contributed by atoms with Crippen molar-refractivity contribution >= 4 is 63.4 Å². The van der Waals surface area contributed by atoms with Crippen LogP contribution in [0.5, 0.6) is 0 Å². The molecular formula is C14H14ClN5O8S. The number of carbonyl (C=O) groups is 5. The zero-order valence-corrected chi connectivity index (χ0v) is 16.2. The number of anilines is 1. The zero-order valence-electron chi connectivity index (χ0n) is 14.6. The number of esters is 1. The fourth-order valence-corrected chi connectivity index (χ4v) is 2.73. The number of β-lactam (4-membered cyclic amide) rings is 1. The zero-order chi connectivity index (χ0) is 21.6. The minimum Gasteiger partial charge on any atom is -0.480 e. The second-order valence-electron chi connectivity index (χ2n) is 5.28. The number of carbonyl (C=O) groups excluding carboxylic acids is 4. The molecule has 2 unspecified atom stereocenters. The molecule has 15 heteroatoms. The summed E-state index contributed by atoms with van der Waals surface area (Å²) in [5, 5.41) is 20.7. The third-order valence-corrected chi connectivity index (χ3v) is 4.36. The molecular weight excluding hydrogens is 434 g/mol. The van der Waals surface area contributed by atoms with Crippen molar-refractivity contribution in [3.63, 3.8) is 0 Å². The largest absolute Gasteiger partial charge is 0.480 e. The fourth-order valence-electron chi connectivity index (χ4n) is 1.95. The molecule has 4 N–H and O–H groups in total. The van der Waals surface area contributed by atoms with Gasteiger partial charge in [-0.2, -0.15) is 0 Å². The molecule has 3 amide bonds. The summed E-state index contributed by atoms with van der Waals surface area (Å²) in [4.78, 5) is 66.4. The van der Waals surface area contributed by atoms with Gasteiger partial charge in [0.25, 0.3) is 5.91 Å². The predicted octanol–water partition coefficient (Wildman–Crippen LogP) is -1.72. The van der Waals surface area contributed by atoms with Crippen LogP contribution in [0.2, 0.25) is 0 Å². The van der Waals surface area contributed by atoms with Crippen LogP contribution in [0.4, 0.5) is 5.13 Å². The van der Waals surface area contributed by atoms with E-state index in [1.165, 1.54) is 5.38 Å². The highest BCUT2D eigenvalue weighted by atomic mass is 35.5. The molecule has 0 aliphatic carbocycles. The van der Waals surface area contributed by atoms with E-state index in [0.717, 1.165) is 18.4 Å². The molecule has 1 fully saturated rings. The number of rotatable bonds is 9. The molecule has 29 heavy (non-hydrogen) atoms. The van der Waals surface area contributed by atoms with Gasteiger partial charge in [0, 0.05) is 5.38 Å². The van der Waals surface area contributed by atoms with E-state index >= 15 is 0 Å². The summed E-state index contributed by atoms with van der Waals surface area (Å²) in [5.41, 5.74) is -0.519. The maximum atomic E-state index is 12.5. The van der Waals surface area contributed by atoms with E-state index in [9.17, 15) is 24.0 Å². The number of alkyl halides is 1. The number of aliphatic carboxylic acids is 1. The second kappa shape index (κ2) is 9.79. The third-order valence-electron chi connectivity index (χ3n) is 3.36. The topological polar surface area (TPSA) is 185 Å². The summed E-state index contributed by atoms with van der Waals surface area (Å²) in [6.45, 7) is -0.616. The van der Waals surface area contributed by atoms with E-state index in [1.54, 1.807) is 0 Å². The lowest BCUT2D eigenvalue weighted by atomic mass is 9.99. The molecule has 1 aromatic heterocycles. The van der Waals surface area contributed by atoms with Crippen LogP contribution in [0.15, 0.2) is 10.5 Å². The Morgan fingerprint density at radius 2 is 2.14 bits per heavy atom. The summed E-state index contributed by atoms with van der Waals surface area (Å²) in [5.74, 6) is -4.64. The first-order valence-electron chi connectivity index (χ1n) is 7.69. The molecule has 0 spiro atoms. The molecule has 1 aliphatic heterocycles. The maximum Gasteiger partial charge on any atom is 0.346 e. The molecule has 2 rings (SSSR count). The standard InChI is InChI=1S/C14H14ClN5O8S/c1-27-7(22)3-28-20-8(5-4-29-14(16-5)17-6(21)2-15)11(23)18-9-10(13(25)26)19-12(9)24/h4,9-10H,2-3H2,1H3,(H,18,23)(H,19,24)(H,25,26)(H,16,17,21). The number of ether oxygens (including phenoxy) is 1. The van der Waals surface area contributed by atoms with Gasteiger partial charge in [-0.05, 0) is 0 Å². The van der Waals surface area contributed by atoms with Gasteiger partial charge >= 0.3 is 11.9 Å². The minimum atomic E-state index is -1.34. The number of nitrogens with one attached hydrogen (secondary N) is 3. The normalized spacial score (nSPS) is 18.1. The van der Waals surface area contributed by atoms with Crippen molar-refractivity contribution < 1.29 is 38.7 Å². The summed E-state index contributed by atoms with van der Waals surface area (Å²) in [6.07, 6.45) is 0. The van der Waals surface area contributed by atoms with Gasteiger partial charge in [0.2, 0.25) is 18.4 Å². The highest BCUT2D eigenvalue weighted by Gasteiger charge is 2.45. The number of hydrogen-bond acceptors (Lipinski definition) is 10. The summed E-state index contributed by atoms with van der Waals surface area (Å²) in [7, 11) is 1.12. The fraction of sp³-hybridized carbons (Fsp3) is 0.357. The van der Waals surface area contributed by atoms with Crippen LogP contribution in [0, 0.1) is 0 Å². The first-order chi connectivity index (χ1) is 13.8. The van der Waals surface area contributed by atoms with Gasteiger partial charge in [0.05, 0.1) is 7.11 Å². The monoisotopic (exact) mass is 447 g/mol. The van der Waals surface area contributed by atoms with Crippen molar-refractivity contribution in [1.29, 1.82) is 0 Å². The van der Waals surface area contributed by atoms with E-state index in [-0.39, 0.29) is 16.7 Å². The van der Waals surface area contributed by atoms with Gasteiger partial charge in [-0.15, -0.1) is 22.9 Å². The molecule has 13 nitrogen and oxygen atoms in total. The highest BCUT2D eigenvalue weighted by molar-refractivity contribution is 7.14. The van der Waals surface area contributed by atoms with Crippen LogP contribution in [0.3, 0.4) is 0 Å². The van der Waals surface area contributed by atoms with Gasteiger partial charge < -0.3 is 30.6 Å². The van der Waals surface area contributed by atoms with Crippen molar-refractivity contribution in [1.82, 2.24) is 15.6 Å². The Kier molecular flexibility index (Phi) is 7.44. The lowest BCUT2D eigenvalue weighted by Crippen LogP contribution is -2.72.